The van der Waals surface area contributed by atoms with E-state index >= 15 is 0 Å². The largest absolute Gasteiger partial charge is 0.320 e. The van der Waals surface area contributed by atoms with E-state index < -0.39 is 6.04 Å². The summed E-state index contributed by atoms with van der Waals surface area (Å²) in [6, 6.07) is 12.0. The standard InChI is InChI=1S/C14H13BrFN/c1-9-8-10(15)6-7-11(9)14(17)12-4-2-3-5-13(12)16/h2-8,14H,17H2,1H3. The van der Waals surface area contributed by atoms with Gasteiger partial charge in [0.05, 0.1) is 6.04 Å². The Morgan fingerprint density at radius 3 is 2.47 bits per heavy atom. The Morgan fingerprint density at radius 2 is 1.82 bits per heavy atom. The van der Waals surface area contributed by atoms with Crippen molar-refractivity contribution in [1.82, 2.24) is 0 Å². The lowest BCUT2D eigenvalue weighted by atomic mass is 9.95. The molecule has 1 atom stereocenters. The van der Waals surface area contributed by atoms with Gasteiger partial charge in [0.2, 0.25) is 0 Å². The van der Waals surface area contributed by atoms with Crippen LogP contribution in [0.2, 0.25) is 0 Å². The van der Waals surface area contributed by atoms with Gasteiger partial charge in [0, 0.05) is 10.0 Å². The Hall–Kier alpha value is -1.19. The first-order valence-electron chi connectivity index (χ1n) is 5.35. The number of hydrogen-bond acceptors (Lipinski definition) is 1. The van der Waals surface area contributed by atoms with Crippen molar-refractivity contribution in [2.24, 2.45) is 5.73 Å². The maximum Gasteiger partial charge on any atom is 0.128 e. The van der Waals surface area contributed by atoms with E-state index in [1.54, 1.807) is 18.2 Å². The van der Waals surface area contributed by atoms with Crippen molar-refractivity contribution in [3.05, 3.63) is 69.4 Å². The fourth-order valence-electron chi connectivity index (χ4n) is 1.88. The summed E-state index contributed by atoms with van der Waals surface area (Å²) in [6.07, 6.45) is 0. The van der Waals surface area contributed by atoms with Gasteiger partial charge in [-0.2, -0.15) is 0 Å². The quantitative estimate of drug-likeness (QED) is 0.892. The van der Waals surface area contributed by atoms with Gasteiger partial charge in [-0.3, -0.25) is 0 Å². The van der Waals surface area contributed by atoms with Gasteiger partial charge in [-0.15, -0.1) is 0 Å². The summed E-state index contributed by atoms with van der Waals surface area (Å²) in [4.78, 5) is 0. The zero-order chi connectivity index (χ0) is 12.4. The fourth-order valence-corrected chi connectivity index (χ4v) is 2.36. The van der Waals surface area contributed by atoms with Gasteiger partial charge in [-0.25, -0.2) is 4.39 Å². The van der Waals surface area contributed by atoms with Crippen LogP contribution in [0.3, 0.4) is 0 Å². The van der Waals surface area contributed by atoms with E-state index in [2.05, 4.69) is 15.9 Å². The molecule has 0 heterocycles. The molecule has 2 aromatic carbocycles. The van der Waals surface area contributed by atoms with Crippen molar-refractivity contribution in [2.45, 2.75) is 13.0 Å². The Morgan fingerprint density at radius 1 is 1.12 bits per heavy atom. The van der Waals surface area contributed by atoms with Crippen LogP contribution in [0, 0.1) is 12.7 Å². The lowest BCUT2D eigenvalue weighted by Crippen LogP contribution is -2.14. The molecule has 0 saturated heterocycles. The van der Waals surface area contributed by atoms with Gasteiger partial charge in [-0.05, 0) is 36.2 Å². The van der Waals surface area contributed by atoms with Crippen LogP contribution in [-0.2, 0) is 0 Å². The predicted molar refractivity (Wildman–Crippen MR) is 71.3 cm³/mol. The highest BCUT2D eigenvalue weighted by Crippen LogP contribution is 2.26. The Labute approximate surface area is 109 Å². The van der Waals surface area contributed by atoms with Crippen LogP contribution in [0.1, 0.15) is 22.7 Å². The third-order valence-electron chi connectivity index (χ3n) is 2.81. The van der Waals surface area contributed by atoms with Crippen molar-refractivity contribution in [2.75, 3.05) is 0 Å². The molecule has 1 nitrogen and oxygen atoms in total. The topological polar surface area (TPSA) is 26.0 Å². The Bertz CT molecular complexity index is 539. The molecule has 2 rings (SSSR count). The number of aryl methyl sites for hydroxylation is 1. The van der Waals surface area contributed by atoms with E-state index in [4.69, 9.17) is 5.73 Å². The monoisotopic (exact) mass is 293 g/mol. The average molecular weight is 294 g/mol. The lowest BCUT2D eigenvalue weighted by molar-refractivity contribution is 0.599. The number of hydrogen-bond donors (Lipinski definition) is 1. The van der Waals surface area contributed by atoms with Crippen molar-refractivity contribution < 1.29 is 4.39 Å². The van der Waals surface area contributed by atoms with Crippen LogP contribution in [0.25, 0.3) is 0 Å². The second-order valence-electron chi connectivity index (χ2n) is 4.00. The average Bonchev–Trinajstić information content (AvgIpc) is 2.29. The number of nitrogens with two attached hydrogens (primary N) is 1. The Balaban J connectivity index is 2.44. The van der Waals surface area contributed by atoms with E-state index in [1.165, 1.54) is 6.07 Å². The summed E-state index contributed by atoms with van der Waals surface area (Å²) in [5, 5.41) is 0. The van der Waals surface area contributed by atoms with Gasteiger partial charge in [0.25, 0.3) is 0 Å². The fraction of sp³-hybridized carbons (Fsp3) is 0.143. The summed E-state index contributed by atoms with van der Waals surface area (Å²) in [7, 11) is 0. The van der Waals surface area contributed by atoms with Gasteiger partial charge < -0.3 is 5.73 Å². The molecule has 0 bridgehead atoms. The molecular weight excluding hydrogens is 281 g/mol. The zero-order valence-electron chi connectivity index (χ0n) is 9.45. The summed E-state index contributed by atoms with van der Waals surface area (Å²) < 4.78 is 14.6. The van der Waals surface area contributed by atoms with Crippen LogP contribution in [0.4, 0.5) is 4.39 Å². The van der Waals surface area contributed by atoms with Crippen LogP contribution < -0.4 is 5.73 Å². The molecule has 1 unspecified atom stereocenters. The van der Waals surface area contributed by atoms with E-state index in [-0.39, 0.29) is 5.82 Å². The summed E-state index contributed by atoms with van der Waals surface area (Å²) in [6.45, 7) is 1.97. The van der Waals surface area contributed by atoms with Gasteiger partial charge in [-0.1, -0.05) is 40.2 Å². The second-order valence-corrected chi connectivity index (χ2v) is 4.92. The van der Waals surface area contributed by atoms with Crippen molar-refractivity contribution in [3.8, 4) is 0 Å². The third-order valence-corrected chi connectivity index (χ3v) is 3.30. The molecule has 0 spiro atoms. The molecule has 0 aromatic heterocycles. The maximum atomic E-state index is 13.6. The van der Waals surface area contributed by atoms with E-state index in [1.807, 2.05) is 25.1 Å². The van der Waals surface area contributed by atoms with E-state index in [0.717, 1.165) is 15.6 Å². The molecule has 0 aliphatic rings. The molecular formula is C14H13BrFN. The summed E-state index contributed by atoms with van der Waals surface area (Å²) >= 11 is 3.40. The highest BCUT2D eigenvalue weighted by atomic mass is 79.9. The summed E-state index contributed by atoms with van der Waals surface area (Å²) in [5.41, 5.74) is 8.63. The highest BCUT2D eigenvalue weighted by molar-refractivity contribution is 9.10. The molecule has 2 N–H and O–H groups in total. The minimum atomic E-state index is -0.427. The third kappa shape index (κ3) is 2.56. The van der Waals surface area contributed by atoms with E-state index in [9.17, 15) is 4.39 Å². The minimum absolute atomic E-state index is 0.262. The van der Waals surface area contributed by atoms with Crippen LogP contribution in [0.5, 0.6) is 0 Å². The molecule has 17 heavy (non-hydrogen) atoms. The van der Waals surface area contributed by atoms with E-state index in [0.29, 0.717) is 5.56 Å². The molecule has 0 aliphatic heterocycles. The minimum Gasteiger partial charge on any atom is -0.320 e. The first kappa shape index (κ1) is 12.3. The molecule has 0 amide bonds. The number of rotatable bonds is 2. The number of halogens is 2. The molecule has 0 aliphatic carbocycles. The maximum absolute atomic E-state index is 13.6. The summed E-state index contributed by atoms with van der Waals surface area (Å²) in [5.74, 6) is -0.262. The molecule has 0 radical (unpaired) electrons. The van der Waals surface area contributed by atoms with Gasteiger partial charge >= 0.3 is 0 Å². The molecule has 3 heteroatoms. The van der Waals surface area contributed by atoms with Gasteiger partial charge in [0.15, 0.2) is 0 Å². The van der Waals surface area contributed by atoms with Crippen molar-refractivity contribution in [3.63, 3.8) is 0 Å². The molecule has 2 aromatic rings. The number of benzene rings is 2. The second kappa shape index (κ2) is 4.98. The molecule has 0 saturated carbocycles. The Kier molecular flexibility index (Phi) is 3.60. The van der Waals surface area contributed by atoms with Crippen molar-refractivity contribution in [1.29, 1.82) is 0 Å². The van der Waals surface area contributed by atoms with Crippen LogP contribution in [0.15, 0.2) is 46.9 Å². The normalized spacial score (nSPS) is 12.5. The molecule has 88 valence electrons. The smallest absolute Gasteiger partial charge is 0.128 e. The molecule has 0 fully saturated rings. The predicted octanol–water partition coefficient (Wildman–Crippen LogP) is 3.94. The van der Waals surface area contributed by atoms with Crippen LogP contribution in [-0.4, -0.2) is 0 Å². The first-order chi connectivity index (χ1) is 8.09. The lowest BCUT2D eigenvalue weighted by Gasteiger charge is -2.16. The first-order valence-corrected chi connectivity index (χ1v) is 6.15. The SMILES string of the molecule is Cc1cc(Br)ccc1C(N)c1ccccc1F. The van der Waals surface area contributed by atoms with Gasteiger partial charge in [0.1, 0.15) is 5.82 Å². The van der Waals surface area contributed by atoms with Crippen LogP contribution >= 0.6 is 15.9 Å². The zero-order valence-corrected chi connectivity index (χ0v) is 11.0. The highest BCUT2D eigenvalue weighted by Gasteiger charge is 2.14. The van der Waals surface area contributed by atoms with Crippen molar-refractivity contribution >= 4 is 15.9 Å².